The molecule has 106 valence electrons. The topological polar surface area (TPSA) is 78.9 Å². The highest BCUT2D eigenvalue weighted by molar-refractivity contribution is 5.95. The molecule has 0 saturated carbocycles. The summed E-state index contributed by atoms with van der Waals surface area (Å²) >= 11 is 0. The number of anilines is 1. The Labute approximate surface area is 122 Å². The molecule has 0 spiro atoms. The van der Waals surface area contributed by atoms with Gasteiger partial charge in [-0.1, -0.05) is 6.07 Å². The van der Waals surface area contributed by atoms with E-state index in [-0.39, 0.29) is 6.54 Å². The van der Waals surface area contributed by atoms with Crippen molar-refractivity contribution in [2.24, 2.45) is 5.73 Å². The second kappa shape index (κ2) is 6.06. The Balaban J connectivity index is 2.25. The Kier molecular flexibility index (Phi) is 4.19. The zero-order valence-electron chi connectivity index (χ0n) is 11.5. The zero-order chi connectivity index (χ0) is 15.4. The first-order valence-corrected chi connectivity index (χ1v) is 6.34. The normalized spacial score (nSPS) is 9.95. The van der Waals surface area contributed by atoms with Crippen LogP contribution in [0.15, 0.2) is 36.4 Å². The number of hydrogen-bond donors (Lipinski definition) is 2. The van der Waals surface area contributed by atoms with Gasteiger partial charge in [0.15, 0.2) is 0 Å². The van der Waals surface area contributed by atoms with E-state index in [1.807, 2.05) is 6.07 Å². The smallest absolute Gasteiger partial charge is 0.249 e. The molecule has 0 fully saturated rings. The first-order valence-electron chi connectivity index (χ1n) is 6.34. The van der Waals surface area contributed by atoms with E-state index in [0.29, 0.717) is 16.7 Å². The van der Waals surface area contributed by atoms with E-state index in [2.05, 4.69) is 5.32 Å². The highest BCUT2D eigenvalue weighted by Gasteiger charge is 2.09. The van der Waals surface area contributed by atoms with Crippen molar-refractivity contribution in [3.8, 4) is 6.07 Å². The number of rotatable bonds is 4. The molecule has 5 heteroatoms. The number of nitrogens with zero attached hydrogens (tertiary/aromatic N) is 1. The standard InChI is InChI=1S/C16H14FN3O/c1-10-14(16(19)21)3-2-4-15(10)20-9-12-7-13(17)6-5-11(12)8-18/h2-7,20H,9H2,1H3,(H2,19,21). The summed E-state index contributed by atoms with van der Waals surface area (Å²) in [6, 6.07) is 11.2. The molecule has 0 heterocycles. The number of carbonyl (C=O) groups excluding carboxylic acids is 1. The van der Waals surface area contributed by atoms with Gasteiger partial charge in [0, 0.05) is 17.8 Å². The van der Waals surface area contributed by atoms with Crippen molar-refractivity contribution in [1.29, 1.82) is 5.26 Å². The Bertz CT molecular complexity index is 735. The van der Waals surface area contributed by atoms with Gasteiger partial charge in [-0.2, -0.15) is 5.26 Å². The minimum absolute atomic E-state index is 0.281. The van der Waals surface area contributed by atoms with Crippen LogP contribution in [0.25, 0.3) is 0 Å². The van der Waals surface area contributed by atoms with Crippen LogP contribution in [0.1, 0.15) is 27.0 Å². The molecule has 2 aromatic rings. The third kappa shape index (κ3) is 3.18. The molecule has 0 aliphatic heterocycles. The monoisotopic (exact) mass is 283 g/mol. The van der Waals surface area contributed by atoms with Crippen LogP contribution in [-0.2, 0) is 6.54 Å². The van der Waals surface area contributed by atoms with Gasteiger partial charge in [-0.25, -0.2) is 4.39 Å². The number of amides is 1. The van der Waals surface area contributed by atoms with Crippen molar-refractivity contribution in [3.05, 3.63) is 64.5 Å². The molecule has 2 rings (SSSR count). The van der Waals surface area contributed by atoms with Crippen LogP contribution in [0.2, 0.25) is 0 Å². The quantitative estimate of drug-likeness (QED) is 0.905. The molecule has 2 aromatic carbocycles. The maximum absolute atomic E-state index is 13.3. The Hall–Kier alpha value is -2.87. The second-order valence-corrected chi connectivity index (χ2v) is 4.61. The third-order valence-corrected chi connectivity index (χ3v) is 3.26. The average molecular weight is 283 g/mol. The SMILES string of the molecule is Cc1c(NCc2cc(F)ccc2C#N)cccc1C(N)=O. The highest BCUT2D eigenvalue weighted by atomic mass is 19.1. The Morgan fingerprint density at radius 3 is 2.81 bits per heavy atom. The molecule has 0 aliphatic rings. The summed E-state index contributed by atoms with van der Waals surface area (Å²) in [5, 5.41) is 12.1. The van der Waals surface area contributed by atoms with E-state index in [1.54, 1.807) is 25.1 Å². The van der Waals surface area contributed by atoms with Gasteiger partial charge in [0.2, 0.25) is 5.91 Å². The van der Waals surface area contributed by atoms with Crippen molar-refractivity contribution < 1.29 is 9.18 Å². The van der Waals surface area contributed by atoms with Crippen LogP contribution in [0.4, 0.5) is 10.1 Å². The predicted molar refractivity (Wildman–Crippen MR) is 78.1 cm³/mol. The molecule has 1 amide bonds. The fraction of sp³-hybridized carbons (Fsp3) is 0.125. The first kappa shape index (κ1) is 14.5. The molecule has 0 atom stereocenters. The molecule has 4 nitrogen and oxygen atoms in total. The van der Waals surface area contributed by atoms with Gasteiger partial charge < -0.3 is 11.1 Å². The Morgan fingerprint density at radius 1 is 1.38 bits per heavy atom. The molecule has 0 aliphatic carbocycles. The summed E-state index contributed by atoms with van der Waals surface area (Å²) in [4.78, 5) is 11.3. The average Bonchev–Trinajstić information content (AvgIpc) is 2.46. The number of carbonyl (C=O) groups is 1. The van der Waals surface area contributed by atoms with E-state index in [0.717, 1.165) is 11.3 Å². The number of primary amides is 1. The van der Waals surface area contributed by atoms with Crippen LogP contribution in [0.3, 0.4) is 0 Å². The fourth-order valence-electron chi connectivity index (χ4n) is 2.10. The lowest BCUT2D eigenvalue weighted by atomic mass is 10.0. The van der Waals surface area contributed by atoms with E-state index in [9.17, 15) is 9.18 Å². The lowest BCUT2D eigenvalue weighted by Crippen LogP contribution is -2.14. The number of nitrogens with two attached hydrogens (primary N) is 1. The van der Waals surface area contributed by atoms with E-state index in [4.69, 9.17) is 11.0 Å². The van der Waals surface area contributed by atoms with Crippen LogP contribution in [0, 0.1) is 24.1 Å². The maximum atomic E-state index is 13.3. The summed E-state index contributed by atoms with van der Waals surface area (Å²) in [6.07, 6.45) is 0. The van der Waals surface area contributed by atoms with Gasteiger partial charge >= 0.3 is 0 Å². The first-order chi connectivity index (χ1) is 10.0. The molecular weight excluding hydrogens is 269 g/mol. The molecule has 3 N–H and O–H groups in total. The Morgan fingerprint density at radius 2 is 2.14 bits per heavy atom. The van der Waals surface area contributed by atoms with Gasteiger partial charge in [-0.15, -0.1) is 0 Å². The number of halogens is 1. The minimum atomic E-state index is -0.500. The van der Waals surface area contributed by atoms with E-state index >= 15 is 0 Å². The number of nitrogens with one attached hydrogen (secondary N) is 1. The maximum Gasteiger partial charge on any atom is 0.249 e. The zero-order valence-corrected chi connectivity index (χ0v) is 11.5. The number of benzene rings is 2. The lowest BCUT2D eigenvalue weighted by molar-refractivity contribution is 0.1000. The van der Waals surface area contributed by atoms with Crippen molar-refractivity contribution in [3.63, 3.8) is 0 Å². The summed E-state index contributed by atoms with van der Waals surface area (Å²) in [5.41, 5.74) is 8.14. The summed E-state index contributed by atoms with van der Waals surface area (Å²) in [5.74, 6) is -0.895. The summed E-state index contributed by atoms with van der Waals surface area (Å²) < 4.78 is 13.3. The van der Waals surface area contributed by atoms with Crippen LogP contribution in [-0.4, -0.2) is 5.91 Å². The van der Waals surface area contributed by atoms with Crippen LogP contribution >= 0.6 is 0 Å². The highest BCUT2D eigenvalue weighted by Crippen LogP contribution is 2.20. The summed E-state index contributed by atoms with van der Waals surface area (Å²) in [7, 11) is 0. The van der Waals surface area contributed by atoms with Gasteiger partial charge in [-0.05, 0) is 48.4 Å². The van der Waals surface area contributed by atoms with Crippen molar-refractivity contribution >= 4 is 11.6 Å². The van der Waals surface area contributed by atoms with Crippen molar-refractivity contribution in [2.75, 3.05) is 5.32 Å². The van der Waals surface area contributed by atoms with Crippen molar-refractivity contribution in [2.45, 2.75) is 13.5 Å². The molecule has 0 saturated heterocycles. The third-order valence-electron chi connectivity index (χ3n) is 3.26. The van der Waals surface area contributed by atoms with Crippen LogP contribution < -0.4 is 11.1 Å². The summed E-state index contributed by atoms with van der Waals surface area (Å²) in [6.45, 7) is 2.06. The largest absolute Gasteiger partial charge is 0.381 e. The molecule has 0 radical (unpaired) electrons. The van der Waals surface area contributed by atoms with Gasteiger partial charge in [-0.3, -0.25) is 4.79 Å². The van der Waals surface area contributed by atoms with Crippen molar-refractivity contribution in [1.82, 2.24) is 0 Å². The van der Waals surface area contributed by atoms with Gasteiger partial charge in [0.1, 0.15) is 5.82 Å². The number of hydrogen-bond acceptors (Lipinski definition) is 3. The van der Waals surface area contributed by atoms with E-state index < -0.39 is 11.7 Å². The molecular formula is C16H14FN3O. The lowest BCUT2D eigenvalue weighted by Gasteiger charge is -2.12. The van der Waals surface area contributed by atoms with Gasteiger partial charge in [0.25, 0.3) is 0 Å². The fourth-order valence-corrected chi connectivity index (χ4v) is 2.10. The predicted octanol–water partition coefficient (Wildman–Crippen LogP) is 2.72. The van der Waals surface area contributed by atoms with E-state index in [1.165, 1.54) is 18.2 Å². The minimum Gasteiger partial charge on any atom is -0.381 e. The van der Waals surface area contributed by atoms with Gasteiger partial charge in [0.05, 0.1) is 11.6 Å². The molecule has 21 heavy (non-hydrogen) atoms. The molecule has 0 bridgehead atoms. The second-order valence-electron chi connectivity index (χ2n) is 4.61. The van der Waals surface area contributed by atoms with Crippen LogP contribution in [0.5, 0.6) is 0 Å². The molecule has 0 unspecified atom stereocenters. The molecule has 0 aromatic heterocycles. The number of nitriles is 1.